The molecule has 0 radical (unpaired) electrons. The predicted molar refractivity (Wildman–Crippen MR) is 86.8 cm³/mol. The first kappa shape index (κ1) is 19.7. The van der Waals surface area contributed by atoms with E-state index in [-0.39, 0.29) is 18.3 Å². The normalized spacial score (nSPS) is 12.3. The first-order valence-corrected chi connectivity index (χ1v) is 7.45. The fraction of sp³-hybridized carbons (Fsp3) is 0.500. The summed E-state index contributed by atoms with van der Waals surface area (Å²) >= 11 is 0. The van der Waals surface area contributed by atoms with Gasteiger partial charge in [0.05, 0.1) is 5.69 Å². The Kier molecular flexibility index (Phi) is 6.51. The van der Waals surface area contributed by atoms with Gasteiger partial charge >= 0.3 is 12.1 Å². The van der Waals surface area contributed by atoms with E-state index in [0.29, 0.717) is 6.07 Å². The maximum Gasteiger partial charge on any atom is 0.407 e. The number of alkyl carbamates (subject to hydrolysis) is 1. The molecule has 1 aromatic rings. The molecule has 1 rings (SSSR count). The van der Waals surface area contributed by atoms with Gasteiger partial charge in [-0.25, -0.2) is 18.4 Å². The second kappa shape index (κ2) is 7.94. The number of urea groups is 1. The molecule has 6 nitrogen and oxygen atoms in total. The van der Waals surface area contributed by atoms with Gasteiger partial charge < -0.3 is 20.3 Å². The van der Waals surface area contributed by atoms with Crippen LogP contribution in [0.15, 0.2) is 18.2 Å². The molecule has 1 atom stereocenters. The monoisotopic (exact) mass is 343 g/mol. The van der Waals surface area contributed by atoms with Crippen molar-refractivity contribution in [3.05, 3.63) is 29.8 Å². The summed E-state index contributed by atoms with van der Waals surface area (Å²) < 4.78 is 31.5. The Labute approximate surface area is 140 Å². The number of carbonyl (C=O) groups excluding carboxylic acids is 2. The Hall–Kier alpha value is -2.38. The number of ether oxygens (including phenoxy) is 1. The number of hydrogen-bond acceptors (Lipinski definition) is 3. The van der Waals surface area contributed by atoms with E-state index in [1.165, 1.54) is 11.9 Å². The third-order valence-corrected chi connectivity index (χ3v) is 3.09. The molecule has 0 saturated carbocycles. The van der Waals surface area contributed by atoms with Crippen LogP contribution in [0.4, 0.5) is 24.1 Å². The molecular weight excluding hydrogens is 320 g/mol. The maximum atomic E-state index is 13.5. The summed E-state index contributed by atoms with van der Waals surface area (Å²) in [6, 6.07) is 1.91. The fourth-order valence-corrected chi connectivity index (χ4v) is 1.68. The molecule has 0 aliphatic rings. The third-order valence-electron chi connectivity index (χ3n) is 3.09. The van der Waals surface area contributed by atoms with Crippen LogP contribution in [-0.2, 0) is 4.74 Å². The molecule has 24 heavy (non-hydrogen) atoms. The minimum atomic E-state index is -0.865. The van der Waals surface area contributed by atoms with Gasteiger partial charge in [-0.1, -0.05) is 0 Å². The number of nitrogens with one attached hydrogen (secondary N) is 2. The number of hydrogen-bond donors (Lipinski definition) is 2. The molecule has 0 fully saturated rings. The van der Waals surface area contributed by atoms with Crippen molar-refractivity contribution < 1.29 is 23.1 Å². The summed E-state index contributed by atoms with van der Waals surface area (Å²) in [6.07, 6.45) is -0.590. The molecule has 0 saturated heterocycles. The summed E-state index contributed by atoms with van der Waals surface area (Å²) in [5.74, 6) is -1.59. The lowest BCUT2D eigenvalue weighted by Gasteiger charge is -2.26. The van der Waals surface area contributed by atoms with Crippen molar-refractivity contribution in [1.29, 1.82) is 0 Å². The number of rotatable bonds is 4. The van der Waals surface area contributed by atoms with Crippen molar-refractivity contribution in [2.45, 2.75) is 39.3 Å². The Morgan fingerprint density at radius 1 is 1.29 bits per heavy atom. The molecule has 3 amide bonds. The highest BCUT2D eigenvalue weighted by atomic mass is 19.1. The van der Waals surface area contributed by atoms with E-state index in [9.17, 15) is 18.4 Å². The quantitative estimate of drug-likeness (QED) is 0.881. The number of amides is 3. The van der Waals surface area contributed by atoms with Crippen molar-refractivity contribution in [2.75, 3.05) is 18.9 Å². The van der Waals surface area contributed by atoms with Crippen molar-refractivity contribution in [3.63, 3.8) is 0 Å². The van der Waals surface area contributed by atoms with Gasteiger partial charge in [-0.3, -0.25) is 0 Å². The molecule has 0 aliphatic carbocycles. The first-order valence-electron chi connectivity index (χ1n) is 7.45. The number of benzene rings is 1. The average Bonchev–Trinajstić information content (AvgIpc) is 2.45. The molecule has 8 heteroatoms. The van der Waals surface area contributed by atoms with E-state index in [1.54, 1.807) is 27.7 Å². The Morgan fingerprint density at radius 3 is 2.46 bits per heavy atom. The molecule has 0 spiro atoms. The lowest BCUT2D eigenvalue weighted by molar-refractivity contribution is 0.0516. The van der Waals surface area contributed by atoms with Gasteiger partial charge in [0.15, 0.2) is 0 Å². The molecule has 0 unspecified atom stereocenters. The topological polar surface area (TPSA) is 70.7 Å². The molecule has 2 N–H and O–H groups in total. The van der Waals surface area contributed by atoms with E-state index >= 15 is 0 Å². The molecule has 0 bridgehead atoms. The second-order valence-electron chi connectivity index (χ2n) is 6.40. The van der Waals surface area contributed by atoms with Crippen LogP contribution in [0.1, 0.15) is 27.7 Å². The number of anilines is 1. The molecule has 0 aromatic heterocycles. The van der Waals surface area contributed by atoms with Crippen LogP contribution in [0.2, 0.25) is 0 Å². The van der Waals surface area contributed by atoms with Gasteiger partial charge in [-0.15, -0.1) is 0 Å². The van der Waals surface area contributed by atoms with Crippen LogP contribution in [0.3, 0.4) is 0 Å². The van der Waals surface area contributed by atoms with Gasteiger partial charge in [-0.2, -0.15) is 0 Å². The highest BCUT2D eigenvalue weighted by Crippen LogP contribution is 2.15. The lowest BCUT2D eigenvalue weighted by Crippen LogP contribution is -2.45. The molecular formula is C16H23F2N3O3. The van der Waals surface area contributed by atoms with Crippen molar-refractivity contribution in [3.8, 4) is 0 Å². The van der Waals surface area contributed by atoms with E-state index in [1.807, 2.05) is 0 Å². The first-order chi connectivity index (χ1) is 11.0. The molecule has 0 aliphatic heterocycles. The van der Waals surface area contributed by atoms with Gasteiger partial charge in [0, 0.05) is 25.7 Å². The molecule has 134 valence electrons. The number of nitrogens with zero attached hydrogens (tertiary/aromatic N) is 1. The van der Waals surface area contributed by atoms with Crippen LogP contribution in [0.5, 0.6) is 0 Å². The van der Waals surface area contributed by atoms with Crippen LogP contribution in [-0.4, -0.2) is 42.3 Å². The van der Waals surface area contributed by atoms with Crippen molar-refractivity contribution in [2.24, 2.45) is 0 Å². The Bertz CT molecular complexity index is 603. The highest BCUT2D eigenvalue weighted by Gasteiger charge is 2.20. The summed E-state index contributed by atoms with van der Waals surface area (Å²) in [7, 11) is 1.50. The Balaban J connectivity index is 2.54. The van der Waals surface area contributed by atoms with Crippen LogP contribution < -0.4 is 10.6 Å². The third kappa shape index (κ3) is 6.39. The van der Waals surface area contributed by atoms with Crippen LogP contribution in [0.25, 0.3) is 0 Å². The standard InChI is InChI=1S/C16H23F2N3O3/c1-10(9-19-15(23)24-16(2,3)4)21(5)14(22)20-13-7-6-11(17)8-12(13)18/h6-8,10H,9H2,1-5H3,(H,19,23)(H,20,22)/t10-/m0/s1. The summed E-state index contributed by atoms with van der Waals surface area (Å²) in [5, 5.41) is 4.90. The Morgan fingerprint density at radius 2 is 1.92 bits per heavy atom. The zero-order chi connectivity index (χ0) is 18.5. The van der Waals surface area contributed by atoms with Crippen LogP contribution in [0, 0.1) is 11.6 Å². The zero-order valence-electron chi connectivity index (χ0n) is 14.4. The van der Waals surface area contributed by atoms with Gasteiger partial charge in [0.25, 0.3) is 0 Å². The molecule has 1 aromatic carbocycles. The van der Waals surface area contributed by atoms with Gasteiger partial charge in [0.1, 0.15) is 17.2 Å². The minimum absolute atomic E-state index is 0.124. The van der Waals surface area contributed by atoms with E-state index in [2.05, 4.69) is 10.6 Å². The molecule has 0 heterocycles. The van der Waals surface area contributed by atoms with E-state index in [0.717, 1.165) is 12.1 Å². The highest BCUT2D eigenvalue weighted by molar-refractivity contribution is 5.89. The van der Waals surface area contributed by atoms with Crippen molar-refractivity contribution in [1.82, 2.24) is 10.2 Å². The summed E-state index contributed by atoms with van der Waals surface area (Å²) in [6.45, 7) is 7.09. The zero-order valence-corrected chi connectivity index (χ0v) is 14.4. The van der Waals surface area contributed by atoms with E-state index in [4.69, 9.17) is 4.74 Å². The number of halogens is 2. The average molecular weight is 343 g/mol. The van der Waals surface area contributed by atoms with Gasteiger partial charge in [0.2, 0.25) is 0 Å². The smallest absolute Gasteiger partial charge is 0.407 e. The maximum absolute atomic E-state index is 13.5. The lowest BCUT2D eigenvalue weighted by atomic mass is 10.2. The van der Waals surface area contributed by atoms with Crippen molar-refractivity contribution >= 4 is 17.8 Å². The second-order valence-corrected chi connectivity index (χ2v) is 6.40. The minimum Gasteiger partial charge on any atom is -0.444 e. The van der Waals surface area contributed by atoms with E-state index < -0.39 is 29.4 Å². The summed E-state index contributed by atoms with van der Waals surface area (Å²) in [4.78, 5) is 25.0. The predicted octanol–water partition coefficient (Wildman–Crippen LogP) is 3.34. The number of carbonyl (C=O) groups is 2. The van der Waals surface area contributed by atoms with Crippen LogP contribution >= 0.6 is 0 Å². The fourth-order valence-electron chi connectivity index (χ4n) is 1.68. The summed E-state index contributed by atoms with van der Waals surface area (Å²) in [5.41, 5.74) is -0.739. The largest absolute Gasteiger partial charge is 0.444 e. The van der Waals surface area contributed by atoms with Gasteiger partial charge in [-0.05, 0) is 39.8 Å². The number of likely N-dealkylation sites (N-methyl/N-ethyl adjacent to an activating group) is 1. The SMILES string of the molecule is C[C@@H](CNC(=O)OC(C)(C)C)N(C)C(=O)Nc1ccc(F)cc1F.